The smallest absolute Gasteiger partial charge is 0.198 e. The second-order valence-electron chi connectivity index (χ2n) is 3.67. The highest BCUT2D eigenvalue weighted by Gasteiger charge is 2.36. The molecule has 0 amide bonds. The van der Waals surface area contributed by atoms with Crippen molar-refractivity contribution >= 4 is 11.6 Å². The Hall–Kier alpha value is -1.42. The lowest BCUT2D eigenvalue weighted by molar-refractivity contribution is -0.00256. The van der Waals surface area contributed by atoms with Crippen molar-refractivity contribution in [2.75, 3.05) is 12.8 Å². The summed E-state index contributed by atoms with van der Waals surface area (Å²) in [5.41, 5.74) is 5.35. The van der Waals surface area contributed by atoms with Crippen LogP contribution in [0.5, 0.6) is 0 Å². The summed E-state index contributed by atoms with van der Waals surface area (Å²) >= 11 is 0. The van der Waals surface area contributed by atoms with Crippen LogP contribution in [-0.2, 0) is 4.74 Å². The molecular formula is C12H18N2O2. The number of carbonyl (C=O) groups excluding carboxylic acids is 1. The number of nitrogen functional groups attached to an aromatic ring is 1. The number of aromatic nitrogens is 1. The minimum atomic E-state index is -0.781. The van der Waals surface area contributed by atoms with E-state index in [-0.39, 0.29) is 11.6 Å². The van der Waals surface area contributed by atoms with Gasteiger partial charge in [-0.2, -0.15) is 0 Å². The SMILES string of the molecule is CCC(CC)(OC)C(=O)c1cccnc1N. The van der Waals surface area contributed by atoms with Crippen LogP contribution in [0, 0.1) is 0 Å². The number of anilines is 1. The van der Waals surface area contributed by atoms with Crippen LogP contribution < -0.4 is 5.73 Å². The Balaban J connectivity index is 3.14. The van der Waals surface area contributed by atoms with Gasteiger partial charge in [-0.25, -0.2) is 4.98 Å². The second kappa shape index (κ2) is 5.07. The highest BCUT2D eigenvalue weighted by molar-refractivity contribution is 6.05. The van der Waals surface area contributed by atoms with Crippen molar-refractivity contribution < 1.29 is 9.53 Å². The van der Waals surface area contributed by atoms with E-state index >= 15 is 0 Å². The van der Waals surface area contributed by atoms with Crippen LogP contribution in [0.15, 0.2) is 18.3 Å². The van der Waals surface area contributed by atoms with Crippen LogP contribution in [0.25, 0.3) is 0 Å². The van der Waals surface area contributed by atoms with Gasteiger partial charge >= 0.3 is 0 Å². The minimum Gasteiger partial charge on any atom is -0.383 e. The Morgan fingerprint density at radius 1 is 1.50 bits per heavy atom. The molecule has 4 nitrogen and oxygen atoms in total. The zero-order valence-corrected chi connectivity index (χ0v) is 9.99. The van der Waals surface area contributed by atoms with Crippen LogP contribution in [0.3, 0.4) is 0 Å². The summed E-state index contributed by atoms with van der Waals surface area (Å²) in [4.78, 5) is 16.3. The summed E-state index contributed by atoms with van der Waals surface area (Å²) < 4.78 is 5.37. The Kier molecular flexibility index (Phi) is 4.01. The zero-order valence-electron chi connectivity index (χ0n) is 9.99. The molecule has 0 aromatic carbocycles. The molecule has 1 aromatic heterocycles. The first-order chi connectivity index (χ1) is 7.61. The molecule has 1 heterocycles. The number of pyridine rings is 1. The van der Waals surface area contributed by atoms with Gasteiger partial charge in [0.1, 0.15) is 11.4 Å². The first-order valence-electron chi connectivity index (χ1n) is 5.41. The van der Waals surface area contributed by atoms with Crippen LogP contribution in [0.1, 0.15) is 37.0 Å². The van der Waals surface area contributed by atoms with Gasteiger partial charge in [0, 0.05) is 13.3 Å². The maximum Gasteiger partial charge on any atom is 0.198 e. The predicted octanol–water partition coefficient (Wildman–Crippen LogP) is 2.05. The molecule has 88 valence electrons. The van der Waals surface area contributed by atoms with Gasteiger partial charge in [0.2, 0.25) is 0 Å². The summed E-state index contributed by atoms with van der Waals surface area (Å²) in [5.74, 6) is 0.168. The number of methoxy groups -OCH3 is 1. The van der Waals surface area contributed by atoms with Crippen LogP contribution >= 0.6 is 0 Å². The van der Waals surface area contributed by atoms with Gasteiger partial charge in [-0.05, 0) is 25.0 Å². The van der Waals surface area contributed by atoms with Crippen molar-refractivity contribution in [2.24, 2.45) is 0 Å². The summed E-state index contributed by atoms with van der Waals surface area (Å²) in [5, 5.41) is 0. The average Bonchev–Trinajstić information content (AvgIpc) is 2.32. The number of nitrogens with two attached hydrogens (primary N) is 1. The molecule has 0 fully saturated rings. The Morgan fingerprint density at radius 3 is 2.56 bits per heavy atom. The van der Waals surface area contributed by atoms with Crippen LogP contribution in [0.2, 0.25) is 0 Å². The third-order valence-corrected chi connectivity index (χ3v) is 3.03. The third-order valence-electron chi connectivity index (χ3n) is 3.03. The van der Waals surface area contributed by atoms with E-state index in [2.05, 4.69) is 4.98 Å². The van der Waals surface area contributed by atoms with E-state index < -0.39 is 5.60 Å². The minimum absolute atomic E-state index is 0.0920. The van der Waals surface area contributed by atoms with Gasteiger partial charge in [-0.3, -0.25) is 4.79 Å². The van der Waals surface area contributed by atoms with E-state index in [4.69, 9.17) is 10.5 Å². The van der Waals surface area contributed by atoms with Gasteiger partial charge in [-0.15, -0.1) is 0 Å². The van der Waals surface area contributed by atoms with Crippen molar-refractivity contribution in [3.63, 3.8) is 0 Å². The summed E-state index contributed by atoms with van der Waals surface area (Å²) in [6.07, 6.45) is 2.80. The Morgan fingerprint density at radius 2 is 2.12 bits per heavy atom. The second-order valence-corrected chi connectivity index (χ2v) is 3.67. The number of carbonyl (C=O) groups is 1. The highest BCUT2D eigenvalue weighted by Crippen LogP contribution is 2.26. The molecule has 0 spiro atoms. The molecule has 1 rings (SSSR count). The summed E-state index contributed by atoms with van der Waals surface area (Å²) in [7, 11) is 1.55. The molecule has 0 bridgehead atoms. The number of Topliss-reactive ketones (excluding diaryl/α,β-unsaturated/α-hetero) is 1. The van der Waals surface area contributed by atoms with Crippen molar-refractivity contribution in [3.8, 4) is 0 Å². The molecule has 1 aromatic rings. The first kappa shape index (κ1) is 12.6. The van der Waals surface area contributed by atoms with Crippen molar-refractivity contribution in [1.29, 1.82) is 0 Å². The number of hydrogen-bond acceptors (Lipinski definition) is 4. The fraction of sp³-hybridized carbons (Fsp3) is 0.500. The fourth-order valence-corrected chi connectivity index (χ4v) is 1.81. The van der Waals surface area contributed by atoms with E-state index in [0.29, 0.717) is 18.4 Å². The van der Waals surface area contributed by atoms with Gasteiger partial charge in [0.05, 0.1) is 5.56 Å². The fourth-order valence-electron chi connectivity index (χ4n) is 1.81. The zero-order chi connectivity index (χ0) is 12.2. The molecule has 16 heavy (non-hydrogen) atoms. The van der Waals surface area contributed by atoms with Gasteiger partial charge in [0.15, 0.2) is 5.78 Å². The molecule has 0 aliphatic rings. The summed E-state index contributed by atoms with van der Waals surface area (Å²) in [6, 6.07) is 3.39. The standard InChI is InChI=1S/C12H18N2O2/c1-4-12(5-2,16-3)10(15)9-7-6-8-14-11(9)13/h6-8H,4-5H2,1-3H3,(H2,13,14). The average molecular weight is 222 g/mol. The number of nitrogens with zero attached hydrogens (tertiary/aromatic N) is 1. The summed E-state index contributed by atoms with van der Waals surface area (Å²) in [6.45, 7) is 3.86. The normalized spacial score (nSPS) is 11.4. The maximum absolute atomic E-state index is 12.3. The van der Waals surface area contributed by atoms with Crippen molar-refractivity contribution in [1.82, 2.24) is 4.98 Å². The van der Waals surface area contributed by atoms with E-state index in [1.54, 1.807) is 25.4 Å². The van der Waals surface area contributed by atoms with E-state index in [0.717, 1.165) is 0 Å². The van der Waals surface area contributed by atoms with Gasteiger partial charge in [-0.1, -0.05) is 13.8 Å². The first-order valence-corrected chi connectivity index (χ1v) is 5.41. The molecule has 0 radical (unpaired) electrons. The predicted molar refractivity (Wildman–Crippen MR) is 63.3 cm³/mol. The number of ketones is 1. The lowest BCUT2D eigenvalue weighted by Gasteiger charge is -2.28. The van der Waals surface area contributed by atoms with Crippen LogP contribution in [0.4, 0.5) is 5.82 Å². The monoisotopic (exact) mass is 222 g/mol. The lowest BCUT2D eigenvalue weighted by atomic mass is 9.88. The topological polar surface area (TPSA) is 65.2 Å². The molecule has 0 atom stereocenters. The molecular weight excluding hydrogens is 204 g/mol. The molecule has 4 heteroatoms. The van der Waals surface area contributed by atoms with E-state index in [1.165, 1.54) is 0 Å². The van der Waals surface area contributed by atoms with E-state index in [9.17, 15) is 4.79 Å². The van der Waals surface area contributed by atoms with Crippen molar-refractivity contribution in [2.45, 2.75) is 32.3 Å². The number of rotatable bonds is 5. The van der Waals surface area contributed by atoms with Crippen LogP contribution in [-0.4, -0.2) is 23.5 Å². The number of ether oxygens (including phenoxy) is 1. The molecule has 0 saturated carbocycles. The lowest BCUT2D eigenvalue weighted by Crippen LogP contribution is -2.40. The molecule has 0 aliphatic heterocycles. The largest absolute Gasteiger partial charge is 0.383 e. The quantitative estimate of drug-likeness (QED) is 0.774. The van der Waals surface area contributed by atoms with Crippen molar-refractivity contribution in [3.05, 3.63) is 23.9 Å². The van der Waals surface area contributed by atoms with E-state index in [1.807, 2.05) is 13.8 Å². The molecule has 0 unspecified atom stereocenters. The maximum atomic E-state index is 12.3. The molecule has 0 saturated heterocycles. The van der Waals surface area contributed by atoms with Gasteiger partial charge < -0.3 is 10.5 Å². The molecule has 2 N–H and O–H groups in total. The highest BCUT2D eigenvalue weighted by atomic mass is 16.5. The number of hydrogen-bond donors (Lipinski definition) is 1. The molecule has 0 aliphatic carbocycles. The van der Waals surface area contributed by atoms with Gasteiger partial charge in [0.25, 0.3) is 0 Å². The Labute approximate surface area is 95.8 Å². The Bertz CT molecular complexity index is 365. The third kappa shape index (κ3) is 2.07.